The van der Waals surface area contributed by atoms with E-state index in [-0.39, 0.29) is 0 Å². The van der Waals surface area contributed by atoms with Gasteiger partial charge in [0, 0.05) is 22.9 Å². The first-order valence-corrected chi connectivity index (χ1v) is 5.30. The van der Waals surface area contributed by atoms with Crippen molar-refractivity contribution < 1.29 is 4.48 Å². The van der Waals surface area contributed by atoms with Gasteiger partial charge in [-0.2, -0.15) is 3.11 Å². The fraction of sp³-hybridized carbons (Fsp3) is 1.00. The smallest absolute Gasteiger partial charge is 0.143 e. The second kappa shape index (κ2) is 3.58. The molecule has 1 fully saturated rings. The number of hydrogen-bond acceptors (Lipinski definition) is 1. The first-order valence-electron chi connectivity index (χ1n) is 4.33. The highest BCUT2D eigenvalue weighted by atomic mass is 127. The maximum atomic E-state index is 2.42. The Morgan fingerprint density at radius 2 is 2.27 bits per heavy atom. The van der Waals surface area contributed by atoms with Gasteiger partial charge in [-0.05, 0) is 13.3 Å². The summed E-state index contributed by atoms with van der Waals surface area (Å²) in [6, 6.07) is 0.815. The molecule has 1 aliphatic rings. The van der Waals surface area contributed by atoms with E-state index in [1.165, 1.54) is 30.7 Å². The van der Waals surface area contributed by atoms with Crippen LogP contribution in [0, 0.1) is 0 Å². The molecule has 0 radical (unpaired) electrons. The van der Waals surface area contributed by atoms with Gasteiger partial charge in [0.2, 0.25) is 0 Å². The molecule has 66 valence electrons. The van der Waals surface area contributed by atoms with E-state index in [1.807, 2.05) is 0 Å². The van der Waals surface area contributed by atoms with Crippen LogP contribution in [-0.2, 0) is 0 Å². The maximum Gasteiger partial charge on any atom is 0.143 e. The molecule has 2 nitrogen and oxygen atoms in total. The zero-order valence-corrected chi connectivity index (χ0v) is 9.84. The van der Waals surface area contributed by atoms with Crippen LogP contribution < -0.4 is 0 Å². The van der Waals surface area contributed by atoms with Gasteiger partial charge in [-0.25, -0.2) is 0 Å². The molecule has 1 saturated heterocycles. The highest BCUT2D eigenvalue weighted by Gasteiger charge is 2.35. The molecule has 1 aliphatic heterocycles. The number of rotatable bonds is 2. The van der Waals surface area contributed by atoms with Gasteiger partial charge in [0.15, 0.2) is 0 Å². The van der Waals surface area contributed by atoms with Crippen molar-refractivity contribution in [2.24, 2.45) is 0 Å². The summed E-state index contributed by atoms with van der Waals surface area (Å²) in [5, 5.41) is 0. The average Bonchev–Trinajstić information content (AvgIpc) is 2.31. The van der Waals surface area contributed by atoms with Crippen LogP contribution in [0.5, 0.6) is 0 Å². The zero-order chi connectivity index (χ0) is 8.48. The number of likely N-dealkylation sites (N-methyl/N-ethyl adjacent to an activating group) is 1. The third-order valence-corrected chi connectivity index (χ3v) is 3.77. The van der Waals surface area contributed by atoms with Gasteiger partial charge in [0.25, 0.3) is 0 Å². The summed E-state index contributed by atoms with van der Waals surface area (Å²) in [4.78, 5) is 0. The van der Waals surface area contributed by atoms with Gasteiger partial charge in [-0.15, -0.1) is 0 Å². The molecule has 2 unspecified atom stereocenters. The van der Waals surface area contributed by atoms with Crippen molar-refractivity contribution in [2.45, 2.75) is 26.3 Å². The summed E-state index contributed by atoms with van der Waals surface area (Å²) in [7, 11) is 2.37. The van der Waals surface area contributed by atoms with Gasteiger partial charge in [-0.1, -0.05) is 6.92 Å². The van der Waals surface area contributed by atoms with E-state index in [0.717, 1.165) is 6.04 Å². The quantitative estimate of drug-likeness (QED) is 0.420. The fourth-order valence-corrected chi connectivity index (χ4v) is 2.54. The largest absolute Gasteiger partial charge is 0.310 e. The van der Waals surface area contributed by atoms with Crippen LogP contribution in [0.4, 0.5) is 0 Å². The topological polar surface area (TPSA) is 3.24 Å². The Kier molecular flexibility index (Phi) is 3.17. The van der Waals surface area contributed by atoms with Crippen LogP contribution >= 0.6 is 22.9 Å². The Balaban J connectivity index is 2.54. The third-order valence-electron chi connectivity index (χ3n) is 2.98. The van der Waals surface area contributed by atoms with E-state index in [0.29, 0.717) is 0 Å². The van der Waals surface area contributed by atoms with Crippen LogP contribution in [0.15, 0.2) is 0 Å². The van der Waals surface area contributed by atoms with E-state index in [9.17, 15) is 0 Å². The van der Waals surface area contributed by atoms with E-state index in [2.05, 4.69) is 46.9 Å². The monoisotopic (exact) mass is 269 g/mol. The lowest BCUT2D eigenvalue weighted by Gasteiger charge is -2.34. The number of halogens is 1. The summed E-state index contributed by atoms with van der Waals surface area (Å²) in [5.74, 6) is 0. The first kappa shape index (κ1) is 9.74. The van der Waals surface area contributed by atoms with E-state index in [4.69, 9.17) is 0 Å². The van der Waals surface area contributed by atoms with Crippen molar-refractivity contribution in [3.63, 3.8) is 0 Å². The van der Waals surface area contributed by atoms with Crippen LogP contribution in [-0.4, -0.2) is 40.4 Å². The molecule has 1 heterocycles. The maximum absolute atomic E-state index is 2.42. The highest BCUT2D eigenvalue weighted by Crippen LogP contribution is 2.22. The molecule has 0 aromatic heterocycles. The van der Waals surface area contributed by atoms with Gasteiger partial charge in [0.1, 0.15) is 6.67 Å². The van der Waals surface area contributed by atoms with Gasteiger partial charge in [0.05, 0.1) is 26.2 Å². The Labute approximate surface area is 83.6 Å². The van der Waals surface area contributed by atoms with Crippen molar-refractivity contribution in [3.05, 3.63) is 0 Å². The molecule has 0 bridgehead atoms. The lowest BCUT2D eigenvalue weighted by molar-refractivity contribution is -0.922. The number of quaternary nitrogens is 1. The normalized spacial score (nSPS) is 36.0. The van der Waals surface area contributed by atoms with Crippen molar-refractivity contribution in [3.8, 4) is 0 Å². The van der Waals surface area contributed by atoms with E-state index < -0.39 is 0 Å². The zero-order valence-electron chi connectivity index (χ0n) is 7.68. The lowest BCUT2D eigenvalue weighted by atomic mass is 10.2. The van der Waals surface area contributed by atoms with Crippen molar-refractivity contribution in [1.29, 1.82) is 0 Å². The minimum atomic E-state index is 0.815. The summed E-state index contributed by atoms with van der Waals surface area (Å²) < 4.78 is 3.63. The van der Waals surface area contributed by atoms with Gasteiger partial charge >= 0.3 is 0 Å². The Morgan fingerprint density at radius 1 is 1.64 bits per heavy atom. The minimum Gasteiger partial charge on any atom is -0.310 e. The molecule has 0 aromatic rings. The molecule has 0 amide bonds. The molecule has 2 atom stereocenters. The second-order valence-electron chi connectivity index (χ2n) is 3.79. The van der Waals surface area contributed by atoms with Crippen molar-refractivity contribution in [1.82, 2.24) is 3.11 Å². The van der Waals surface area contributed by atoms with E-state index in [1.54, 1.807) is 0 Å². The summed E-state index contributed by atoms with van der Waals surface area (Å²) in [6.45, 7) is 8.43. The first-order chi connectivity index (χ1) is 5.08. The van der Waals surface area contributed by atoms with Crippen molar-refractivity contribution >= 4 is 22.9 Å². The molecule has 11 heavy (non-hydrogen) atoms. The molecular formula is C8H18IN2+. The molecule has 0 aromatic carbocycles. The van der Waals surface area contributed by atoms with Gasteiger partial charge < -0.3 is 4.48 Å². The fourth-order valence-electron chi connectivity index (χ4n) is 1.63. The molecule has 0 N–H and O–H groups in total. The third kappa shape index (κ3) is 2.06. The van der Waals surface area contributed by atoms with Crippen LogP contribution in [0.3, 0.4) is 0 Å². The molecule has 0 saturated carbocycles. The minimum absolute atomic E-state index is 0.815. The molecule has 0 spiro atoms. The van der Waals surface area contributed by atoms with E-state index >= 15 is 0 Å². The van der Waals surface area contributed by atoms with Crippen LogP contribution in [0.2, 0.25) is 0 Å². The molecule has 1 rings (SSSR count). The predicted octanol–water partition coefficient (Wildman–Crippen LogP) is 1.85. The van der Waals surface area contributed by atoms with Crippen molar-refractivity contribution in [2.75, 3.05) is 26.8 Å². The summed E-state index contributed by atoms with van der Waals surface area (Å²) in [5.41, 5.74) is 0. The summed E-state index contributed by atoms with van der Waals surface area (Å²) in [6.07, 6.45) is 1.29. The molecule has 3 heteroatoms. The molecule has 0 aliphatic carbocycles. The highest BCUT2D eigenvalue weighted by molar-refractivity contribution is 14.1. The predicted molar refractivity (Wildman–Crippen MR) is 56.4 cm³/mol. The SMILES string of the molecule is CCC(C)[N+]1(C)CCN(I)C1. The Hall–Kier alpha value is 0.650. The average molecular weight is 269 g/mol. The number of nitrogens with zero attached hydrogens (tertiary/aromatic N) is 2. The van der Waals surface area contributed by atoms with Crippen LogP contribution in [0.1, 0.15) is 20.3 Å². The van der Waals surface area contributed by atoms with Gasteiger partial charge in [-0.3, -0.25) is 0 Å². The second-order valence-corrected chi connectivity index (χ2v) is 5.15. The number of hydrogen-bond donors (Lipinski definition) is 0. The Morgan fingerprint density at radius 3 is 2.64 bits per heavy atom. The standard InChI is InChI=1S/C8H18IN2/c1-4-8(2)11(3)6-5-10(9)7-11/h8H,4-7H2,1-3H3/q+1. The van der Waals surface area contributed by atoms with Crippen LogP contribution in [0.25, 0.3) is 0 Å². The molecular weight excluding hydrogens is 251 g/mol. The lowest BCUT2D eigenvalue weighted by Crippen LogP contribution is -2.49. The summed E-state index contributed by atoms with van der Waals surface area (Å²) >= 11 is 2.42. The Bertz CT molecular complexity index is 140.